The number of hydrogen-bond acceptors (Lipinski definition) is 4. The van der Waals surface area contributed by atoms with Crippen LogP contribution in [0.4, 0.5) is 0 Å². The number of carbonyl (C=O) groups is 2. The molecular weight excluding hydrogens is 212 g/mol. The van der Waals surface area contributed by atoms with Gasteiger partial charge in [0.15, 0.2) is 5.84 Å². The second-order valence-corrected chi connectivity index (χ2v) is 3.37. The van der Waals surface area contributed by atoms with Gasteiger partial charge in [0.25, 0.3) is 0 Å². The highest BCUT2D eigenvalue weighted by Gasteiger charge is 2.21. The van der Waals surface area contributed by atoms with Crippen molar-refractivity contribution in [3.63, 3.8) is 0 Å². The number of nitrogens with two attached hydrogens (primary N) is 2. The molecule has 0 fully saturated rings. The van der Waals surface area contributed by atoms with Crippen LogP contribution in [0, 0.1) is 5.92 Å². The second-order valence-electron chi connectivity index (χ2n) is 3.37. The lowest BCUT2D eigenvalue weighted by atomic mass is 10.0. The van der Waals surface area contributed by atoms with E-state index in [1.54, 1.807) is 0 Å². The first-order valence-corrected chi connectivity index (χ1v) is 5.06. The van der Waals surface area contributed by atoms with Crippen LogP contribution >= 0.6 is 0 Å². The summed E-state index contributed by atoms with van der Waals surface area (Å²) >= 11 is 0. The summed E-state index contributed by atoms with van der Waals surface area (Å²) in [5.41, 5.74) is 10.3. The van der Waals surface area contributed by atoms with E-state index >= 15 is 0 Å². The van der Waals surface area contributed by atoms with Gasteiger partial charge >= 0.3 is 0 Å². The Morgan fingerprint density at radius 2 is 2.06 bits per heavy atom. The Bertz CT molecular complexity index is 278. The first-order valence-electron chi connectivity index (χ1n) is 5.06. The van der Waals surface area contributed by atoms with Crippen molar-refractivity contribution in [2.75, 3.05) is 6.54 Å². The standard InChI is InChI=1S/C9H18N4O3/c1-2-3-6(8(11)13-16)9(15)12-5-4-7(10)14/h6,16H,2-5H2,1H3,(H2,10,14)(H2,11,13)(H,12,15). The Kier molecular flexibility index (Phi) is 6.66. The molecule has 1 unspecified atom stereocenters. The summed E-state index contributed by atoms with van der Waals surface area (Å²) in [6.45, 7) is 2.04. The lowest BCUT2D eigenvalue weighted by Gasteiger charge is -2.13. The predicted octanol–water partition coefficient (Wildman–Crippen LogP) is -0.859. The fourth-order valence-corrected chi connectivity index (χ4v) is 1.20. The van der Waals surface area contributed by atoms with E-state index in [9.17, 15) is 9.59 Å². The van der Waals surface area contributed by atoms with Gasteiger partial charge in [-0.05, 0) is 6.42 Å². The van der Waals surface area contributed by atoms with E-state index in [-0.39, 0.29) is 24.7 Å². The summed E-state index contributed by atoms with van der Waals surface area (Å²) < 4.78 is 0. The summed E-state index contributed by atoms with van der Waals surface area (Å²) in [5.74, 6) is -1.64. The molecule has 92 valence electrons. The molecule has 0 aliphatic carbocycles. The van der Waals surface area contributed by atoms with Crippen LogP contribution in [0.5, 0.6) is 0 Å². The Labute approximate surface area is 93.9 Å². The molecule has 0 rings (SSSR count). The van der Waals surface area contributed by atoms with E-state index in [1.165, 1.54) is 0 Å². The number of nitrogens with zero attached hydrogens (tertiary/aromatic N) is 1. The van der Waals surface area contributed by atoms with Crippen molar-refractivity contribution in [3.8, 4) is 0 Å². The fourth-order valence-electron chi connectivity index (χ4n) is 1.20. The molecular formula is C9H18N4O3. The molecule has 7 heteroatoms. The molecule has 0 heterocycles. The largest absolute Gasteiger partial charge is 0.409 e. The van der Waals surface area contributed by atoms with Crippen molar-refractivity contribution in [3.05, 3.63) is 0 Å². The highest BCUT2D eigenvalue weighted by Crippen LogP contribution is 2.06. The van der Waals surface area contributed by atoms with E-state index in [4.69, 9.17) is 16.7 Å². The third-order valence-electron chi connectivity index (χ3n) is 2.04. The molecule has 7 nitrogen and oxygen atoms in total. The normalized spacial score (nSPS) is 13.2. The lowest BCUT2D eigenvalue weighted by molar-refractivity contribution is -0.123. The van der Waals surface area contributed by atoms with Crippen molar-refractivity contribution in [1.82, 2.24) is 5.32 Å². The van der Waals surface area contributed by atoms with Gasteiger partial charge < -0.3 is 22.0 Å². The third kappa shape index (κ3) is 5.18. The van der Waals surface area contributed by atoms with Crippen LogP contribution < -0.4 is 16.8 Å². The number of nitrogens with one attached hydrogen (secondary N) is 1. The SMILES string of the molecule is CCCC(C(=O)NCCC(N)=O)C(N)=NO. The maximum absolute atomic E-state index is 11.6. The molecule has 0 aliphatic heterocycles. The van der Waals surface area contributed by atoms with Gasteiger partial charge in [-0.1, -0.05) is 18.5 Å². The number of hydrogen-bond donors (Lipinski definition) is 4. The maximum Gasteiger partial charge on any atom is 0.230 e. The quantitative estimate of drug-likeness (QED) is 0.196. The molecule has 0 bridgehead atoms. The smallest absolute Gasteiger partial charge is 0.230 e. The zero-order chi connectivity index (χ0) is 12.6. The van der Waals surface area contributed by atoms with Gasteiger partial charge in [-0.2, -0.15) is 0 Å². The zero-order valence-corrected chi connectivity index (χ0v) is 9.27. The van der Waals surface area contributed by atoms with Gasteiger partial charge in [-0.15, -0.1) is 0 Å². The minimum atomic E-state index is -0.664. The topological polar surface area (TPSA) is 131 Å². The van der Waals surface area contributed by atoms with Crippen molar-refractivity contribution < 1.29 is 14.8 Å². The first kappa shape index (κ1) is 14.2. The van der Waals surface area contributed by atoms with Crippen LogP contribution in [0.25, 0.3) is 0 Å². The molecule has 6 N–H and O–H groups in total. The summed E-state index contributed by atoms with van der Waals surface area (Å²) in [6.07, 6.45) is 1.28. The Hall–Kier alpha value is -1.79. The maximum atomic E-state index is 11.6. The van der Waals surface area contributed by atoms with Gasteiger partial charge in [-0.3, -0.25) is 9.59 Å². The molecule has 16 heavy (non-hydrogen) atoms. The van der Waals surface area contributed by atoms with Gasteiger partial charge in [0, 0.05) is 13.0 Å². The number of amides is 2. The van der Waals surface area contributed by atoms with E-state index in [1.807, 2.05) is 6.92 Å². The summed E-state index contributed by atoms with van der Waals surface area (Å²) in [4.78, 5) is 22.0. The average molecular weight is 230 g/mol. The Morgan fingerprint density at radius 1 is 1.44 bits per heavy atom. The van der Waals surface area contributed by atoms with Crippen molar-refractivity contribution in [2.45, 2.75) is 26.2 Å². The molecule has 2 amide bonds. The van der Waals surface area contributed by atoms with E-state index < -0.39 is 11.8 Å². The second kappa shape index (κ2) is 7.49. The summed E-state index contributed by atoms with van der Waals surface area (Å²) in [7, 11) is 0. The van der Waals surface area contributed by atoms with Crippen molar-refractivity contribution in [2.24, 2.45) is 22.5 Å². The third-order valence-corrected chi connectivity index (χ3v) is 2.04. The molecule has 0 aromatic carbocycles. The van der Waals surface area contributed by atoms with Crippen LogP contribution in [0.1, 0.15) is 26.2 Å². The number of primary amides is 1. The Balaban J connectivity index is 4.23. The summed E-state index contributed by atoms with van der Waals surface area (Å²) in [6, 6.07) is 0. The molecule has 0 aromatic rings. The zero-order valence-electron chi connectivity index (χ0n) is 9.27. The molecule has 0 spiro atoms. The van der Waals surface area contributed by atoms with Gasteiger partial charge in [0.1, 0.15) is 0 Å². The molecule has 0 aliphatic rings. The number of amidine groups is 1. The minimum absolute atomic E-state index is 0.0702. The lowest BCUT2D eigenvalue weighted by Crippen LogP contribution is -2.40. The van der Waals surface area contributed by atoms with Crippen LogP contribution in [-0.4, -0.2) is 29.4 Å². The summed E-state index contributed by atoms with van der Waals surface area (Å²) in [5, 5.41) is 13.8. The van der Waals surface area contributed by atoms with Gasteiger partial charge in [0.05, 0.1) is 5.92 Å². The molecule has 1 atom stereocenters. The first-order chi connectivity index (χ1) is 7.52. The van der Waals surface area contributed by atoms with Gasteiger partial charge in [-0.25, -0.2) is 0 Å². The van der Waals surface area contributed by atoms with E-state index in [2.05, 4.69) is 10.5 Å². The van der Waals surface area contributed by atoms with Crippen LogP contribution in [0.2, 0.25) is 0 Å². The van der Waals surface area contributed by atoms with Crippen LogP contribution in [-0.2, 0) is 9.59 Å². The number of rotatable bonds is 7. The van der Waals surface area contributed by atoms with E-state index in [0.717, 1.165) is 6.42 Å². The monoisotopic (exact) mass is 230 g/mol. The fraction of sp³-hybridized carbons (Fsp3) is 0.667. The van der Waals surface area contributed by atoms with Gasteiger partial charge in [0.2, 0.25) is 11.8 Å². The predicted molar refractivity (Wildman–Crippen MR) is 58.6 cm³/mol. The highest BCUT2D eigenvalue weighted by atomic mass is 16.4. The highest BCUT2D eigenvalue weighted by molar-refractivity contribution is 6.02. The van der Waals surface area contributed by atoms with E-state index in [0.29, 0.717) is 6.42 Å². The molecule has 0 radical (unpaired) electrons. The number of carbonyl (C=O) groups excluding carboxylic acids is 2. The minimum Gasteiger partial charge on any atom is -0.409 e. The molecule has 0 saturated carbocycles. The van der Waals surface area contributed by atoms with Crippen LogP contribution in [0.3, 0.4) is 0 Å². The number of oxime groups is 1. The average Bonchev–Trinajstić information content (AvgIpc) is 2.24. The van der Waals surface area contributed by atoms with Crippen molar-refractivity contribution >= 4 is 17.6 Å². The Morgan fingerprint density at radius 3 is 2.50 bits per heavy atom. The molecule has 0 aromatic heterocycles. The molecule has 0 saturated heterocycles. The van der Waals surface area contributed by atoms with Crippen LogP contribution in [0.15, 0.2) is 5.16 Å². The van der Waals surface area contributed by atoms with Crippen molar-refractivity contribution in [1.29, 1.82) is 0 Å².